The summed E-state index contributed by atoms with van der Waals surface area (Å²) in [7, 11) is 12.6. The van der Waals surface area contributed by atoms with E-state index in [9.17, 15) is 0 Å². The molecule has 0 aliphatic carbocycles. The summed E-state index contributed by atoms with van der Waals surface area (Å²) in [4.78, 5) is 6.85. The second kappa shape index (κ2) is 13.4. The van der Waals surface area contributed by atoms with E-state index < -0.39 is 11.7 Å². The highest BCUT2D eigenvalue weighted by atomic mass is 31.0. The Balaban J connectivity index is 6.14. The van der Waals surface area contributed by atoms with E-state index in [0.717, 1.165) is 58.2 Å². The first-order chi connectivity index (χ1) is 12.4. The van der Waals surface area contributed by atoms with Crippen LogP contribution >= 0.6 is 9.39 Å². The molecule has 0 saturated heterocycles. The standard InChI is InChI=1S/C19H45N4O2P/c1-9-12-15-21(4)18(20-26,22(5)16-13-10-2)19(24-7,25-8)23(6)17-14-11-3/h20H,9-17,26H2,1-8H3. The SMILES string of the molecule is CCCCN(C)C(OC)(OC)C(NP)(N(C)CCCC)N(C)CCCC. The van der Waals surface area contributed by atoms with Crippen LogP contribution in [0.3, 0.4) is 0 Å². The van der Waals surface area contributed by atoms with Crippen LogP contribution < -0.4 is 5.09 Å². The molecule has 7 heteroatoms. The normalized spacial score (nSPS) is 13.4. The third-order valence-electron chi connectivity index (χ3n) is 5.34. The van der Waals surface area contributed by atoms with E-state index in [1.54, 1.807) is 14.2 Å². The largest absolute Gasteiger partial charge is 0.337 e. The Labute approximate surface area is 165 Å². The first kappa shape index (κ1) is 26.2. The molecule has 0 radical (unpaired) electrons. The lowest BCUT2D eigenvalue weighted by molar-refractivity contribution is -0.380. The average molecular weight is 393 g/mol. The number of hydrogen-bond acceptors (Lipinski definition) is 6. The molecule has 6 nitrogen and oxygen atoms in total. The van der Waals surface area contributed by atoms with Crippen molar-refractivity contribution in [3.05, 3.63) is 0 Å². The van der Waals surface area contributed by atoms with Crippen LogP contribution in [0.1, 0.15) is 59.3 Å². The molecule has 0 aromatic heterocycles. The van der Waals surface area contributed by atoms with Gasteiger partial charge in [0.15, 0.2) is 0 Å². The fourth-order valence-electron chi connectivity index (χ4n) is 3.69. The molecule has 0 aliphatic heterocycles. The summed E-state index contributed by atoms with van der Waals surface area (Å²) in [5.74, 6) is -1.59. The van der Waals surface area contributed by atoms with Crippen molar-refractivity contribution >= 4 is 9.39 Å². The van der Waals surface area contributed by atoms with Crippen LogP contribution in [0.2, 0.25) is 0 Å². The molecule has 0 aliphatic rings. The Morgan fingerprint density at radius 2 is 1.08 bits per heavy atom. The Morgan fingerprint density at radius 1 is 0.731 bits per heavy atom. The van der Waals surface area contributed by atoms with Gasteiger partial charge in [0, 0.05) is 33.9 Å². The van der Waals surface area contributed by atoms with Crippen molar-refractivity contribution < 1.29 is 9.47 Å². The third kappa shape index (κ3) is 5.60. The van der Waals surface area contributed by atoms with Crippen LogP contribution in [0.5, 0.6) is 0 Å². The number of methoxy groups -OCH3 is 2. The second-order valence-electron chi connectivity index (χ2n) is 7.13. The van der Waals surface area contributed by atoms with Crippen molar-refractivity contribution in [3.8, 4) is 0 Å². The topological polar surface area (TPSA) is 40.2 Å². The fourth-order valence-corrected chi connectivity index (χ4v) is 4.31. The van der Waals surface area contributed by atoms with Crippen LogP contribution in [-0.2, 0) is 9.47 Å². The molecule has 0 rings (SSSR count). The smallest absolute Gasteiger partial charge is 0.278 e. The molecule has 0 aromatic carbocycles. The lowest BCUT2D eigenvalue weighted by Crippen LogP contribution is -2.81. The van der Waals surface area contributed by atoms with E-state index in [1.807, 2.05) is 0 Å². The van der Waals surface area contributed by atoms with Gasteiger partial charge in [-0.1, -0.05) is 49.4 Å². The van der Waals surface area contributed by atoms with Crippen LogP contribution in [-0.4, -0.2) is 81.4 Å². The first-order valence-corrected chi connectivity index (χ1v) is 10.7. The predicted octanol–water partition coefficient (Wildman–Crippen LogP) is 3.16. The Kier molecular flexibility index (Phi) is 13.5. The van der Waals surface area contributed by atoms with Gasteiger partial charge in [-0.2, -0.15) is 0 Å². The Bertz CT molecular complexity index is 342. The minimum atomic E-state index is -0.950. The minimum absolute atomic E-state index is 0.645. The first-order valence-electron chi connectivity index (χ1n) is 10.1. The van der Waals surface area contributed by atoms with Crippen LogP contribution in [0.15, 0.2) is 0 Å². The molecule has 0 spiro atoms. The Morgan fingerprint density at radius 3 is 1.35 bits per heavy atom. The molecule has 0 amide bonds. The van der Waals surface area contributed by atoms with E-state index in [4.69, 9.17) is 9.47 Å². The molecule has 0 fully saturated rings. The molecule has 26 heavy (non-hydrogen) atoms. The van der Waals surface area contributed by atoms with Crippen LogP contribution in [0.25, 0.3) is 0 Å². The monoisotopic (exact) mass is 392 g/mol. The second-order valence-corrected chi connectivity index (χ2v) is 7.42. The number of ether oxygens (including phenoxy) is 2. The highest BCUT2D eigenvalue weighted by Gasteiger charge is 2.60. The molecule has 0 saturated carbocycles. The summed E-state index contributed by atoms with van der Waals surface area (Å²) >= 11 is 0. The number of nitrogens with one attached hydrogen (secondary N) is 1. The summed E-state index contributed by atoms with van der Waals surface area (Å²) < 4.78 is 12.3. The molecule has 1 unspecified atom stereocenters. The van der Waals surface area contributed by atoms with E-state index in [0.29, 0.717) is 0 Å². The summed E-state index contributed by atoms with van der Waals surface area (Å²) in [5, 5.41) is 3.51. The number of rotatable bonds is 16. The van der Waals surface area contributed by atoms with Crippen LogP contribution in [0, 0.1) is 0 Å². The maximum absolute atomic E-state index is 6.15. The van der Waals surface area contributed by atoms with Gasteiger partial charge in [-0.05, 0) is 40.4 Å². The Hall–Kier alpha value is 0.190. The molecule has 158 valence electrons. The lowest BCUT2D eigenvalue weighted by atomic mass is 10.1. The van der Waals surface area contributed by atoms with E-state index >= 15 is 0 Å². The fraction of sp³-hybridized carbons (Fsp3) is 1.00. The third-order valence-corrected chi connectivity index (χ3v) is 5.75. The molecule has 0 bridgehead atoms. The summed E-state index contributed by atoms with van der Waals surface area (Å²) in [6, 6.07) is 0. The van der Waals surface area contributed by atoms with Gasteiger partial charge in [-0.15, -0.1) is 0 Å². The van der Waals surface area contributed by atoms with Gasteiger partial charge in [-0.3, -0.25) is 19.8 Å². The van der Waals surface area contributed by atoms with Gasteiger partial charge in [0.25, 0.3) is 5.91 Å². The van der Waals surface area contributed by atoms with Gasteiger partial charge >= 0.3 is 0 Å². The van der Waals surface area contributed by atoms with Crippen molar-refractivity contribution in [1.82, 2.24) is 19.8 Å². The maximum Gasteiger partial charge on any atom is 0.278 e. The van der Waals surface area contributed by atoms with Gasteiger partial charge in [0.1, 0.15) is 0 Å². The van der Waals surface area contributed by atoms with E-state index in [2.05, 4.69) is 71.1 Å². The van der Waals surface area contributed by atoms with E-state index in [1.165, 1.54) is 0 Å². The van der Waals surface area contributed by atoms with Gasteiger partial charge in [-0.25, -0.2) is 0 Å². The zero-order chi connectivity index (χ0) is 20.2. The molecular formula is C19H45N4O2P. The number of nitrogens with zero attached hydrogens (tertiary/aromatic N) is 3. The van der Waals surface area contributed by atoms with Crippen molar-refractivity contribution in [2.45, 2.75) is 71.0 Å². The molecule has 1 N–H and O–H groups in total. The van der Waals surface area contributed by atoms with Crippen molar-refractivity contribution in [2.75, 3.05) is 55.0 Å². The summed E-state index contributed by atoms with van der Waals surface area (Å²) in [6.45, 7) is 9.44. The van der Waals surface area contributed by atoms with Crippen molar-refractivity contribution in [3.63, 3.8) is 0 Å². The molecule has 1 atom stereocenters. The summed E-state index contributed by atoms with van der Waals surface area (Å²) in [6.07, 6.45) is 6.76. The molecule has 0 heterocycles. The summed E-state index contributed by atoms with van der Waals surface area (Å²) in [5.41, 5.74) is 0. The zero-order valence-electron chi connectivity index (χ0n) is 18.6. The lowest BCUT2D eigenvalue weighted by Gasteiger charge is -2.59. The highest BCUT2D eigenvalue weighted by molar-refractivity contribution is 7.13. The van der Waals surface area contributed by atoms with Crippen LogP contribution in [0.4, 0.5) is 0 Å². The van der Waals surface area contributed by atoms with Crippen molar-refractivity contribution in [2.24, 2.45) is 0 Å². The number of unbranched alkanes of at least 4 members (excludes halogenated alkanes) is 3. The zero-order valence-corrected chi connectivity index (χ0v) is 19.8. The molecule has 0 aromatic rings. The van der Waals surface area contributed by atoms with Gasteiger partial charge < -0.3 is 9.47 Å². The quantitative estimate of drug-likeness (QED) is 0.321. The van der Waals surface area contributed by atoms with Gasteiger partial charge in [0.05, 0.1) is 0 Å². The maximum atomic E-state index is 6.15. The number of hydrogen-bond donors (Lipinski definition) is 1. The predicted molar refractivity (Wildman–Crippen MR) is 115 cm³/mol. The van der Waals surface area contributed by atoms with Crippen molar-refractivity contribution in [1.29, 1.82) is 0 Å². The average Bonchev–Trinajstić information content (AvgIpc) is 2.66. The molecular weight excluding hydrogens is 347 g/mol. The highest BCUT2D eigenvalue weighted by Crippen LogP contribution is 2.36. The number of likely N-dealkylation sites (N-methyl/N-ethyl adjacent to an activating group) is 3. The van der Waals surface area contributed by atoms with Gasteiger partial charge in [0.2, 0.25) is 5.79 Å². The minimum Gasteiger partial charge on any atom is -0.337 e. The van der Waals surface area contributed by atoms with E-state index in [-0.39, 0.29) is 0 Å².